The zero-order valence-electron chi connectivity index (χ0n) is 10.8. The lowest BCUT2D eigenvalue weighted by atomic mass is 10.1. The van der Waals surface area contributed by atoms with E-state index in [2.05, 4.69) is 0 Å². The van der Waals surface area contributed by atoms with E-state index < -0.39 is 0 Å². The average molecular weight is 279 g/mol. The highest BCUT2D eigenvalue weighted by molar-refractivity contribution is 6.20. The van der Waals surface area contributed by atoms with Crippen molar-refractivity contribution in [3.63, 3.8) is 0 Å². The molecule has 2 aromatic carbocycles. The molecule has 2 rings (SSSR count). The zero-order chi connectivity index (χ0) is 13.7. The van der Waals surface area contributed by atoms with Crippen molar-refractivity contribution in [3.05, 3.63) is 65.5 Å². The van der Waals surface area contributed by atoms with Crippen LogP contribution in [-0.4, -0.2) is 6.61 Å². The molecule has 0 radical (unpaired) electrons. The summed E-state index contributed by atoms with van der Waals surface area (Å²) in [5.41, 5.74) is 1.88. The fourth-order valence-electron chi connectivity index (χ4n) is 1.86. The Bertz CT molecular complexity index is 542. The Balaban J connectivity index is 1.88. The highest BCUT2D eigenvalue weighted by Crippen LogP contribution is 2.25. The molecule has 0 aliphatic carbocycles. The molecule has 1 unspecified atom stereocenters. The van der Waals surface area contributed by atoms with Gasteiger partial charge in [0.1, 0.15) is 11.6 Å². The van der Waals surface area contributed by atoms with Crippen LogP contribution in [-0.2, 0) is 0 Å². The van der Waals surface area contributed by atoms with Crippen LogP contribution in [0.25, 0.3) is 0 Å². The van der Waals surface area contributed by atoms with Crippen LogP contribution in [0.3, 0.4) is 0 Å². The van der Waals surface area contributed by atoms with Crippen LogP contribution in [0.4, 0.5) is 4.39 Å². The molecule has 0 saturated heterocycles. The Morgan fingerprint density at radius 1 is 1.16 bits per heavy atom. The number of aryl methyl sites for hydroxylation is 1. The topological polar surface area (TPSA) is 9.23 Å². The van der Waals surface area contributed by atoms with Gasteiger partial charge < -0.3 is 4.74 Å². The third-order valence-electron chi connectivity index (χ3n) is 2.93. The van der Waals surface area contributed by atoms with Crippen LogP contribution in [0.2, 0.25) is 0 Å². The van der Waals surface area contributed by atoms with Gasteiger partial charge in [0.25, 0.3) is 0 Å². The molecular weight excluding hydrogens is 263 g/mol. The van der Waals surface area contributed by atoms with Gasteiger partial charge in [-0.05, 0) is 36.2 Å². The van der Waals surface area contributed by atoms with Crippen molar-refractivity contribution in [1.82, 2.24) is 0 Å². The van der Waals surface area contributed by atoms with Crippen molar-refractivity contribution >= 4 is 11.6 Å². The van der Waals surface area contributed by atoms with E-state index in [9.17, 15) is 4.39 Å². The molecule has 1 atom stereocenters. The highest BCUT2D eigenvalue weighted by atomic mass is 35.5. The van der Waals surface area contributed by atoms with Crippen LogP contribution in [0.15, 0.2) is 48.5 Å². The van der Waals surface area contributed by atoms with E-state index in [1.807, 2.05) is 37.3 Å². The zero-order valence-corrected chi connectivity index (χ0v) is 11.5. The highest BCUT2D eigenvalue weighted by Gasteiger charge is 2.09. The van der Waals surface area contributed by atoms with E-state index in [0.29, 0.717) is 13.0 Å². The third-order valence-corrected chi connectivity index (χ3v) is 3.40. The standard InChI is InChI=1S/C16H16ClFO/c1-12-5-2-3-8-16(12)19-10-9-15(17)13-6-4-7-14(18)11-13/h2-8,11,15H,9-10H2,1H3. The number of hydrogen-bond acceptors (Lipinski definition) is 1. The normalized spacial score (nSPS) is 12.2. The van der Waals surface area contributed by atoms with Crippen molar-refractivity contribution < 1.29 is 9.13 Å². The van der Waals surface area contributed by atoms with Gasteiger partial charge in [0.2, 0.25) is 0 Å². The van der Waals surface area contributed by atoms with Crippen molar-refractivity contribution in [3.8, 4) is 5.75 Å². The Hall–Kier alpha value is -1.54. The van der Waals surface area contributed by atoms with Gasteiger partial charge in [0.05, 0.1) is 12.0 Å². The Labute approximate surface area is 118 Å². The SMILES string of the molecule is Cc1ccccc1OCCC(Cl)c1cccc(F)c1. The number of rotatable bonds is 5. The lowest BCUT2D eigenvalue weighted by molar-refractivity contribution is 0.307. The molecule has 0 saturated carbocycles. The molecule has 100 valence electrons. The van der Waals surface area contributed by atoms with Crippen LogP contribution in [0.5, 0.6) is 5.75 Å². The lowest BCUT2D eigenvalue weighted by Crippen LogP contribution is -2.02. The van der Waals surface area contributed by atoms with E-state index in [0.717, 1.165) is 16.9 Å². The fraction of sp³-hybridized carbons (Fsp3) is 0.250. The molecule has 0 aliphatic rings. The summed E-state index contributed by atoms with van der Waals surface area (Å²) in [6, 6.07) is 14.2. The summed E-state index contributed by atoms with van der Waals surface area (Å²) < 4.78 is 18.8. The van der Waals surface area contributed by atoms with Gasteiger partial charge in [-0.2, -0.15) is 0 Å². The predicted molar refractivity (Wildman–Crippen MR) is 76.3 cm³/mol. The van der Waals surface area contributed by atoms with Gasteiger partial charge in [0.15, 0.2) is 0 Å². The first-order chi connectivity index (χ1) is 9.16. The maximum Gasteiger partial charge on any atom is 0.123 e. The van der Waals surface area contributed by atoms with E-state index in [1.54, 1.807) is 6.07 Å². The van der Waals surface area contributed by atoms with Gasteiger partial charge in [0, 0.05) is 6.42 Å². The minimum Gasteiger partial charge on any atom is -0.493 e. The molecule has 0 N–H and O–H groups in total. The second kappa shape index (κ2) is 6.58. The first-order valence-corrected chi connectivity index (χ1v) is 6.68. The fourth-order valence-corrected chi connectivity index (χ4v) is 2.08. The smallest absolute Gasteiger partial charge is 0.123 e. The summed E-state index contributed by atoms with van der Waals surface area (Å²) in [5, 5.41) is -0.236. The van der Waals surface area contributed by atoms with Crippen LogP contribution in [0, 0.1) is 12.7 Å². The minimum absolute atomic E-state index is 0.236. The van der Waals surface area contributed by atoms with Crippen molar-refractivity contribution in [1.29, 1.82) is 0 Å². The summed E-state index contributed by atoms with van der Waals surface area (Å²) >= 11 is 6.24. The molecular formula is C16H16ClFO. The van der Waals surface area contributed by atoms with Crippen molar-refractivity contribution in [2.75, 3.05) is 6.61 Å². The summed E-state index contributed by atoms with van der Waals surface area (Å²) in [7, 11) is 0. The van der Waals surface area contributed by atoms with E-state index in [1.165, 1.54) is 12.1 Å². The van der Waals surface area contributed by atoms with Gasteiger partial charge in [-0.1, -0.05) is 30.3 Å². The summed E-state index contributed by atoms with van der Waals surface area (Å²) in [5.74, 6) is 0.605. The monoisotopic (exact) mass is 278 g/mol. The van der Waals surface area contributed by atoms with Gasteiger partial charge >= 0.3 is 0 Å². The average Bonchev–Trinajstić information content (AvgIpc) is 2.41. The number of alkyl halides is 1. The van der Waals surface area contributed by atoms with Gasteiger partial charge in [-0.3, -0.25) is 0 Å². The van der Waals surface area contributed by atoms with Crippen molar-refractivity contribution in [2.45, 2.75) is 18.7 Å². The lowest BCUT2D eigenvalue weighted by Gasteiger charge is -2.12. The number of halogens is 2. The van der Waals surface area contributed by atoms with Crippen molar-refractivity contribution in [2.24, 2.45) is 0 Å². The molecule has 0 fully saturated rings. The second-order valence-electron chi connectivity index (χ2n) is 4.43. The molecule has 3 heteroatoms. The first kappa shape index (κ1) is 13.9. The number of benzene rings is 2. The Morgan fingerprint density at radius 2 is 1.95 bits per heavy atom. The van der Waals surface area contributed by atoms with Gasteiger partial charge in [-0.15, -0.1) is 11.6 Å². The third kappa shape index (κ3) is 3.97. The van der Waals surface area contributed by atoms with Crippen LogP contribution >= 0.6 is 11.6 Å². The molecule has 19 heavy (non-hydrogen) atoms. The molecule has 0 spiro atoms. The molecule has 0 amide bonds. The minimum atomic E-state index is -0.261. The quantitative estimate of drug-likeness (QED) is 0.708. The molecule has 0 aromatic heterocycles. The van der Waals surface area contributed by atoms with E-state index >= 15 is 0 Å². The number of para-hydroxylation sites is 1. The molecule has 0 bridgehead atoms. The Kier molecular flexibility index (Phi) is 4.80. The second-order valence-corrected chi connectivity index (χ2v) is 4.95. The van der Waals surface area contributed by atoms with Crippen LogP contribution < -0.4 is 4.74 Å². The molecule has 0 aliphatic heterocycles. The summed E-state index contributed by atoms with van der Waals surface area (Å²) in [6.07, 6.45) is 0.638. The first-order valence-electron chi connectivity index (χ1n) is 6.25. The predicted octanol–water partition coefficient (Wildman–Crippen LogP) is 4.88. The number of hydrogen-bond donors (Lipinski definition) is 0. The van der Waals surface area contributed by atoms with E-state index in [4.69, 9.17) is 16.3 Å². The van der Waals surface area contributed by atoms with E-state index in [-0.39, 0.29) is 11.2 Å². The maximum absolute atomic E-state index is 13.1. The summed E-state index contributed by atoms with van der Waals surface area (Å²) in [4.78, 5) is 0. The Morgan fingerprint density at radius 3 is 2.68 bits per heavy atom. The van der Waals surface area contributed by atoms with Gasteiger partial charge in [-0.25, -0.2) is 4.39 Å². The largest absolute Gasteiger partial charge is 0.493 e. The summed E-state index contributed by atoms with van der Waals surface area (Å²) in [6.45, 7) is 2.51. The maximum atomic E-state index is 13.1. The molecule has 1 nitrogen and oxygen atoms in total. The van der Waals surface area contributed by atoms with Crippen LogP contribution in [0.1, 0.15) is 22.9 Å². The molecule has 0 heterocycles. The number of ether oxygens (including phenoxy) is 1. The molecule has 2 aromatic rings.